The summed E-state index contributed by atoms with van der Waals surface area (Å²) >= 11 is 5.70. The summed E-state index contributed by atoms with van der Waals surface area (Å²) in [6, 6.07) is 16.6. The Hall–Kier alpha value is -2.43. The summed E-state index contributed by atoms with van der Waals surface area (Å²) in [7, 11) is 0. The molecule has 0 saturated carbocycles. The molecule has 2 N–H and O–H groups in total. The Kier molecular flexibility index (Phi) is 5.14. The number of pyridine rings is 2. The molecule has 0 atom stereocenters. The molecule has 5 heteroatoms. The number of alkyl halides is 1. The first kappa shape index (κ1) is 17.0. The molecule has 4 nitrogen and oxygen atoms in total. The highest BCUT2D eigenvalue weighted by molar-refractivity contribution is 6.18. The maximum Gasteiger partial charge on any atom is 0.0993 e. The lowest BCUT2D eigenvalue weighted by molar-refractivity contribution is 0.691. The maximum atomic E-state index is 5.70. The van der Waals surface area contributed by atoms with E-state index in [2.05, 4.69) is 52.0 Å². The van der Waals surface area contributed by atoms with Crippen molar-refractivity contribution < 1.29 is 0 Å². The molecule has 0 unspecified atom stereocenters. The van der Waals surface area contributed by atoms with E-state index >= 15 is 0 Å². The minimum absolute atomic E-state index is 0.646. The maximum absolute atomic E-state index is 5.70. The number of benzene rings is 2. The number of hydrogen-bond donors (Lipinski definition) is 2. The minimum atomic E-state index is 0.646. The zero-order chi connectivity index (χ0) is 17.8. The molecule has 4 rings (SSSR count). The Bertz CT molecular complexity index is 1050. The smallest absolute Gasteiger partial charge is 0.0993 e. The number of nitrogens with one attached hydrogen (secondary N) is 2. The van der Waals surface area contributed by atoms with E-state index in [0.29, 0.717) is 5.88 Å². The van der Waals surface area contributed by atoms with Gasteiger partial charge in [0, 0.05) is 41.3 Å². The summed E-state index contributed by atoms with van der Waals surface area (Å²) in [5, 5.41) is 10.3. The van der Waals surface area contributed by atoms with Crippen LogP contribution in [0.15, 0.2) is 54.7 Å². The van der Waals surface area contributed by atoms with Crippen LogP contribution < -0.4 is 10.6 Å². The molecule has 0 aliphatic carbocycles. The van der Waals surface area contributed by atoms with E-state index in [0.717, 1.165) is 64.5 Å². The summed E-state index contributed by atoms with van der Waals surface area (Å²) < 4.78 is 0. The number of nitrogens with zero attached hydrogens (tertiary/aromatic N) is 2. The molecule has 4 aromatic rings. The highest BCUT2D eigenvalue weighted by atomic mass is 35.5. The zero-order valence-electron chi connectivity index (χ0n) is 14.5. The number of halogens is 1. The number of rotatable bonds is 7. The van der Waals surface area contributed by atoms with Gasteiger partial charge in [-0.25, -0.2) is 4.98 Å². The second-order valence-corrected chi connectivity index (χ2v) is 6.64. The lowest BCUT2D eigenvalue weighted by Crippen LogP contribution is -2.20. The summed E-state index contributed by atoms with van der Waals surface area (Å²) in [5.41, 5.74) is 4.02. The molecule has 0 spiro atoms. The van der Waals surface area contributed by atoms with Gasteiger partial charge in [-0.2, -0.15) is 0 Å². The van der Waals surface area contributed by atoms with Crippen LogP contribution in [0.4, 0.5) is 5.69 Å². The van der Waals surface area contributed by atoms with Crippen LogP contribution in [0.5, 0.6) is 0 Å². The SMILES string of the molecule is ClCCNCCCNc1c2ccccc2nc2c1ccc1cccnc12. The van der Waals surface area contributed by atoms with Crippen LogP contribution in [0.1, 0.15) is 6.42 Å². The molecular formula is C21H21ClN4. The van der Waals surface area contributed by atoms with Crippen LogP contribution in [0.3, 0.4) is 0 Å². The van der Waals surface area contributed by atoms with Crippen molar-refractivity contribution in [1.82, 2.24) is 15.3 Å². The molecule has 0 saturated heterocycles. The van der Waals surface area contributed by atoms with Crippen LogP contribution >= 0.6 is 11.6 Å². The molecule has 0 fully saturated rings. The number of fused-ring (bicyclic) bond motifs is 4. The van der Waals surface area contributed by atoms with Crippen molar-refractivity contribution in [3.63, 3.8) is 0 Å². The van der Waals surface area contributed by atoms with Crippen molar-refractivity contribution in [3.8, 4) is 0 Å². The lowest BCUT2D eigenvalue weighted by atomic mass is 10.0. The first-order valence-electron chi connectivity index (χ1n) is 8.95. The summed E-state index contributed by atoms with van der Waals surface area (Å²) in [5.74, 6) is 0.646. The van der Waals surface area contributed by atoms with E-state index < -0.39 is 0 Å². The second kappa shape index (κ2) is 7.85. The Labute approximate surface area is 157 Å². The van der Waals surface area contributed by atoms with Gasteiger partial charge < -0.3 is 10.6 Å². The Morgan fingerprint density at radius 1 is 0.846 bits per heavy atom. The first-order chi connectivity index (χ1) is 12.9. The van der Waals surface area contributed by atoms with Crippen molar-refractivity contribution in [2.45, 2.75) is 6.42 Å². The minimum Gasteiger partial charge on any atom is -0.384 e. The highest BCUT2D eigenvalue weighted by Crippen LogP contribution is 2.33. The lowest BCUT2D eigenvalue weighted by Gasteiger charge is -2.14. The topological polar surface area (TPSA) is 49.8 Å². The van der Waals surface area contributed by atoms with Crippen molar-refractivity contribution in [2.75, 3.05) is 30.8 Å². The first-order valence-corrected chi connectivity index (χ1v) is 9.48. The van der Waals surface area contributed by atoms with E-state index in [1.807, 2.05) is 18.3 Å². The van der Waals surface area contributed by atoms with Crippen LogP contribution in [0.2, 0.25) is 0 Å². The van der Waals surface area contributed by atoms with Gasteiger partial charge in [-0.1, -0.05) is 30.3 Å². The van der Waals surface area contributed by atoms with Gasteiger partial charge in [0.2, 0.25) is 0 Å². The van der Waals surface area contributed by atoms with Crippen molar-refractivity contribution in [2.24, 2.45) is 0 Å². The van der Waals surface area contributed by atoms with Crippen molar-refractivity contribution in [1.29, 1.82) is 0 Å². The van der Waals surface area contributed by atoms with Gasteiger partial charge >= 0.3 is 0 Å². The molecule has 0 amide bonds. The molecule has 0 aliphatic rings. The standard InChI is InChI=1S/C21H21ClN4/c22-10-14-23-11-4-13-25-20-16-6-1-2-7-18(16)26-21-17(20)9-8-15-5-3-12-24-19(15)21/h1-3,5-9,12,23H,4,10-11,13-14H2,(H,25,26). The third kappa shape index (κ3) is 3.30. The molecule has 26 heavy (non-hydrogen) atoms. The summed E-state index contributed by atoms with van der Waals surface area (Å²) in [4.78, 5) is 9.48. The molecule has 0 radical (unpaired) electrons. The molecule has 0 bridgehead atoms. The second-order valence-electron chi connectivity index (χ2n) is 6.26. The fourth-order valence-corrected chi connectivity index (χ4v) is 3.44. The van der Waals surface area contributed by atoms with E-state index in [4.69, 9.17) is 16.6 Å². The predicted molar refractivity (Wildman–Crippen MR) is 111 cm³/mol. The molecule has 132 valence electrons. The van der Waals surface area contributed by atoms with Crippen LogP contribution in [0.25, 0.3) is 32.7 Å². The normalized spacial score (nSPS) is 11.4. The van der Waals surface area contributed by atoms with Crippen LogP contribution in [-0.4, -0.2) is 35.5 Å². The summed E-state index contributed by atoms with van der Waals surface area (Å²) in [6.07, 6.45) is 2.86. The largest absolute Gasteiger partial charge is 0.384 e. The van der Waals surface area contributed by atoms with Gasteiger partial charge in [0.1, 0.15) is 0 Å². The third-order valence-electron chi connectivity index (χ3n) is 4.53. The van der Waals surface area contributed by atoms with E-state index in [1.54, 1.807) is 0 Å². The van der Waals surface area contributed by atoms with Gasteiger partial charge in [0.05, 0.1) is 22.2 Å². The van der Waals surface area contributed by atoms with Crippen LogP contribution in [-0.2, 0) is 0 Å². The fourth-order valence-electron chi connectivity index (χ4n) is 3.30. The zero-order valence-corrected chi connectivity index (χ0v) is 15.3. The number of aromatic nitrogens is 2. The monoisotopic (exact) mass is 364 g/mol. The number of para-hydroxylation sites is 1. The highest BCUT2D eigenvalue weighted by Gasteiger charge is 2.11. The van der Waals surface area contributed by atoms with Gasteiger partial charge in [-0.3, -0.25) is 4.98 Å². The van der Waals surface area contributed by atoms with Gasteiger partial charge in [-0.15, -0.1) is 11.6 Å². The molecule has 2 heterocycles. The van der Waals surface area contributed by atoms with E-state index in [9.17, 15) is 0 Å². The predicted octanol–water partition coefficient (Wildman–Crippen LogP) is 4.57. The van der Waals surface area contributed by atoms with Gasteiger partial charge in [0.15, 0.2) is 0 Å². The van der Waals surface area contributed by atoms with E-state index in [1.165, 1.54) is 0 Å². The molecule has 2 aromatic heterocycles. The Balaban J connectivity index is 1.76. The van der Waals surface area contributed by atoms with Gasteiger partial charge in [-0.05, 0) is 31.2 Å². The Morgan fingerprint density at radius 3 is 2.69 bits per heavy atom. The average Bonchev–Trinajstić information content (AvgIpc) is 2.69. The van der Waals surface area contributed by atoms with Crippen molar-refractivity contribution >= 4 is 50.0 Å². The Morgan fingerprint density at radius 2 is 1.77 bits per heavy atom. The molecular weight excluding hydrogens is 344 g/mol. The quantitative estimate of drug-likeness (QED) is 0.218. The van der Waals surface area contributed by atoms with Crippen molar-refractivity contribution in [3.05, 3.63) is 54.7 Å². The number of anilines is 1. The summed E-state index contributed by atoms with van der Waals surface area (Å²) in [6.45, 7) is 2.68. The number of hydrogen-bond acceptors (Lipinski definition) is 4. The average molecular weight is 365 g/mol. The van der Waals surface area contributed by atoms with Crippen LogP contribution in [0, 0.1) is 0 Å². The van der Waals surface area contributed by atoms with Gasteiger partial charge in [0.25, 0.3) is 0 Å². The fraction of sp³-hybridized carbons (Fsp3) is 0.238. The van der Waals surface area contributed by atoms with E-state index in [-0.39, 0.29) is 0 Å². The third-order valence-corrected chi connectivity index (χ3v) is 4.72. The molecule has 2 aromatic carbocycles. The molecule has 0 aliphatic heterocycles.